The summed E-state index contributed by atoms with van der Waals surface area (Å²) in [6.45, 7) is 3.76. The summed E-state index contributed by atoms with van der Waals surface area (Å²) >= 11 is 3.37. The number of anilines is 1. The van der Waals surface area contributed by atoms with Gasteiger partial charge < -0.3 is 10.2 Å². The van der Waals surface area contributed by atoms with Crippen LogP contribution in [0, 0.1) is 5.92 Å². The van der Waals surface area contributed by atoms with Gasteiger partial charge in [0.05, 0.1) is 11.3 Å². The van der Waals surface area contributed by atoms with Crippen molar-refractivity contribution >= 4 is 33.4 Å². The number of carbonyl (C=O) groups excluding carboxylic acids is 2. The van der Waals surface area contributed by atoms with E-state index in [0.29, 0.717) is 22.7 Å². The Morgan fingerprint density at radius 2 is 1.80 bits per heavy atom. The largest absolute Gasteiger partial charge is 0.339 e. The Morgan fingerprint density at radius 3 is 2.52 bits per heavy atom. The minimum absolute atomic E-state index is 0.0166. The van der Waals surface area contributed by atoms with Crippen molar-refractivity contribution in [1.29, 1.82) is 0 Å². The molecule has 0 atom stereocenters. The molecule has 1 fully saturated rings. The smallest absolute Gasteiger partial charge is 0.255 e. The normalized spacial score (nSPS) is 15.0. The maximum absolute atomic E-state index is 12.9. The molecule has 1 aliphatic rings. The molecular formula is C20H21BrN2O2. The van der Waals surface area contributed by atoms with Crippen LogP contribution in [0.1, 0.15) is 40.5 Å². The number of piperidine rings is 1. The lowest BCUT2D eigenvalue weighted by atomic mass is 9.98. The second kappa shape index (κ2) is 7.83. The summed E-state index contributed by atoms with van der Waals surface area (Å²) in [4.78, 5) is 27.2. The number of nitrogens with zero attached hydrogens (tertiary/aromatic N) is 1. The SMILES string of the molecule is CC1CCN(C(=O)c2ccccc2NC(=O)c2cccc(Br)c2)CC1. The van der Waals surface area contributed by atoms with Gasteiger partial charge in [0, 0.05) is 23.1 Å². The summed E-state index contributed by atoms with van der Waals surface area (Å²) in [5, 5.41) is 2.88. The number of benzene rings is 2. The van der Waals surface area contributed by atoms with Crippen LogP contribution < -0.4 is 5.32 Å². The van der Waals surface area contributed by atoms with Gasteiger partial charge >= 0.3 is 0 Å². The van der Waals surface area contributed by atoms with Crippen molar-refractivity contribution < 1.29 is 9.59 Å². The number of nitrogens with one attached hydrogen (secondary N) is 1. The Bertz CT molecular complexity index is 783. The highest BCUT2D eigenvalue weighted by molar-refractivity contribution is 9.10. The molecule has 0 aliphatic carbocycles. The molecule has 5 heteroatoms. The maximum Gasteiger partial charge on any atom is 0.255 e. The van der Waals surface area contributed by atoms with Gasteiger partial charge in [0.2, 0.25) is 0 Å². The van der Waals surface area contributed by atoms with E-state index in [-0.39, 0.29) is 11.8 Å². The van der Waals surface area contributed by atoms with E-state index >= 15 is 0 Å². The average Bonchev–Trinajstić information content (AvgIpc) is 2.62. The molecule has 0 spiro atoms. The number of likely N-dealkylation sites (tertiary alicyclic amines) is 1. The van der Waals surface area contributed by atoms with E-state index in [1.54, 1.807) is 24.3 Å². The number of hydrogen-bond acceptors (Lipinski definition) is 2. The second-order valence-electron chi connectivity index (χ2n) is 6.48. The fourth-order valence-corrected chi connectivity index (χ4v) is 3.38. The summed E-state index contributed by atoms with van der Waals surface area (Å²) < 4.78 is 0.840. The molecule has 4 nitrogen and oxygen atoms in total. The Balaban J connectivity index is 1.79. The van der Waals surface area contributed by atoms with Gasteiger partial charge in [-0.2, -0.15) is 0 Å². The molecule has 25 heavy (non-hydrogen) atoms. The van der Waals surface area contributed by atoms with Crippen molar-refractivity contribution in [2.45, 2.75) is 19.8 Å². The Labute approximate surface area is 156 Å². The Kier molecular flexibility index (Phi) is 5.53. The van der Waals surface area contributed by atoms with Gasteiger partial charge in [-0.1, -0.05) is 41.1 Å². The molecule has 3 rings (SSSR count). The number of rotatable bonds is 3. The molecule has 2 aromatic rings. The van der Waals surface area contributed by atoms with E-state index in [4.69, 9.17) is 0 Å². The van der Waals surface area contributed by atoms with Crippen molar-refractivity contribution in [2.75, 3.05) is 18.4 Å². The zero-order chi connectivity index (χ0) is 17.8. The summed E-state index contributed by atoms with van der Waals surface area (Å²) in [6.07, 6.45) is 2.05. The third-order valence-electron chi connectivity index (χ3n) is 4.56. The van der Waals surface area contributed by atoms with Gasteiger partial charge in [-0.25, -0.2) is 0 Å². The van der Waals surface area contributed by atoms with Crippen LogP contribution in [-0.2, 0) is 0 Å². The first kappa shape index (κ1) is 17.7. The standard InChI is InChI=1S/C20H21BrN2O2/c1-14-9-11-23(12-10-14)20(25)17-7-2-3-8-18(17)22-19(24)15-5-4-6-16(21)13-15/h2-8,13-14H,9-12H2,1H3,(H,22,24). The highest BCUT2D eigenvalue weighted by Gasteiger charge is 2.23. The van der Waals surface area contributed by atoms with Crippen LogP contribution in [0.4, 0.5) is 5.69 Å². The van der Waals surface area contributed by atoms with Crippen molar-refractivity contribution in [3.05, 3.63) is 64.1 Å². The van der Waals surface area contributed by atoms with E-state index in [0.717, 1.165) is 30.4 Å². The third kappa shape index (κ3) is 4.28. The molecule has 1 aliphatic heterocycles. The minimum Gasteiger partial charge on any atom is -0.339 e. The molecule has 1 N–H and O–H groups in total. The Hall–Kier alpha value is -2.14. The molecule has 0 radical (unpaired) electrons. The Morgan fingerprint density at radius 1 is 1.08 bits per heavy atom. The number of hydrogen-bond donors (Lipinski definition) is 1. The fraction of sp³-hybridized carbons (Fsp3) is 0.300. The highest BCUT2D eigenvalue weighted by atomic mass is 79.9. The predicted molar refractivity (Wildman–Crippen MR) is 103 cm³/mol. The van der Waals surface area contributed by atoms with Crippen LogP contribution in [0.2, 0.25) is 0 Å². The molecule has 0 unspecified atom stereocenters. The van der Waals surface area contributed by atoms with Gasteiger partial charge in [0.1, 0.15) is 0 Å². The zero-order valence-corrected chi connectivity index (χ0v) is 15.8. The maximum atomic E-state index is 12.9. The van der Waals surface area contributed by atoms with Crippen LogP contribution in [-0.4, -0.2) is 29.8 Å². The fourth-order valence-electron chi connectivity index (χ4n) is 2.98. The lowest BCUT2D eigenvalue weighted by molar-refractivity contribution is 0.0698. The molecule has 0 aromatic heterocycles. The molecule has 2 amide bonds. The van der Waals surface area contributed by atoms with Crippen LogP contribution in [0.3, 0.4) is 0 Å². The number of halogens is 1. The van der Waals surface area contributed by atoms with E-state index in [9.17, 15) is 9.59 Å². The molecule has 1 heterocycles. The van der Waals surface area contributed by atoms with Crippen LogP contribution in [0.25, 0.3) is 0 Å². The second-order valence-corrected chi connectivity index (χ2v) is 7.40. The first-order chi connectivity index (χ1) is 12.0. The van der Waals surface area contributed by atoms with Gasteiger partial charge in [-0.3, -0.25) is 9.59 Å². The molecule has 0 bridgehead atoms. The van der Waals surface area contributed by atoms with Gasteiger partial charge in [-0.05, 0) is 49.1 Å². The number of amides is 2. The van der Waals surface area contributed by atoms with Crippen LogP contribution in [0.15, 0.2) is 53.0 Å². The number of carbonyl (C=O) groups is 2. The summed E-state index contributed by atoms with van der Waals surface area (Å²) in [5.74, 6) is 0.418. The molecule has 1 saturated heterocycles. The van der Waals surface area contributed by atoms with E-state index < -0.39 is 0 Å². The summed E-state index contributed by atoms with van der Waals surface area (Å²) in [7, 11) is 0. The quantitative estimate of drug-likeness (QED) is 0.819. The lowest BCUT2D eigenvalue weighted by Gasteiger charge is -2.30. The molecule has 0 saturated carbocycles. The zero-order valence-electron chi connectivity index (χ0n) is 14.2. The van der Waals surface area contributed by atoms with Crippen molar-refractivity contribution in [1.82, 2.24) is 4.90 Å². The van der Waals surface area contributed by atoms with Crippen LogP contribution >= 0.6 is 15.9 Å². The topological polar surface area (TPSA) is 49.4 Å². The van der Waals surface area contributed by atoms with Gasteiger partial charge in [0.25, 0.3) is 11.8 Å². The third-order valence-corrected chi connectivity index (χ3v) is 5.06. The molecular weight excluding hydrogens is 380 g/mol. The van der Waals surface area contributed by atoms with E-state index in [2.05, 4.69) is 28.2 Å². The van der Waals surface area contributed by atoms with Gasteiger partial charge in [-0.15, -0.1) is 0 Å². The predicted octanol–water partition coefficient (Wildman–Crippen LogP) is 4.57. The number of para-hydroxylation sites is 1. The minimum atomic E-state index is -0.228. The lowest BCUT2D eigenvalue weighted by Crippen LogP contribution is -2.38. The van der Waals surface area contributed by atoms with E-state index in [1.165, 1.54) is 0 Å². The first-order valence-electron chi connectivity index (χ1n) is 8.50. The summed E-state index contributed by atoms with van der Waals surface area (Å²) in [5.41, 5.74) is 1.64. The average molecular weight is 401 g/mol. The van der Waals surface area contributed by atoms with Crippen molar-refractivity contribution in [3.63, 3.8) is 0 Å². The van der Waals surface area contributed by atoms with E-state index in [1.807, 2.05) is 29.2 Å². The highest BCUT2D eigenvalue weighted by Crippen LogP contribution is 2.23. The van der Waals surface area contributed by atoms with Gasteiger partial charge in [0.15, 0.2) is 0 Å². The van der Waals surface area contributed by atoms with Crippen LogP contribution in [0.5, 0.6) is 0 Å². The first-order valence-corrected chi connectivity index (χ1v) is 9.29. The summed E-state index contributed by atoms with van der Waals surface area (Å²) in [6, 6.07) is 14.4. The monoisotopic (exact) mass is 400 g/mol. The molecule has 130 valence electrons. The van der Waals surface area contributed by atoms with Crippen molar-refractivity contribution in [2.24, 2.45) is 5.92 Å². The molecule has 2 aromatic carbocycles. The van der Waals surface area contributed by atoms with Crippen molar-refractivity contribution in [3.8, 4) is 0 Å².